The lowest BCUT2D eigenvalue weighted by atomic mass is 9.92. The molecular weight excluding hydrogens is 342 g/mol. The van der Waals surface area contributed by atoms with Gasteiger partial charge in [-0.3, -0.25) is 9.59 Å². The molecule has 1 atom stereocenters. The van der Waals surface area contributed by atoms with E-state index < -0.39 is 0 Å². The highest BCUT2D eigenvalue weighted by Gasteiger charge is 2.32. The van der Waals surface area contributed by atoms with Gasteiger partial charge in [0.05, 0.1) is 18.8 Å². The summed E-state index contributed by atoms with van der Waals surface area (Å²) < 4.78 is 5.24. The summed E-state index contributed by atoms with van der Waals surface area (Å²) in [5.74, 6) is 0.908. The Balaban J connectivity index is 1.26. The van der Waals surface area contributed by atoms with Crippen molar-refractivity contribution in [2.75, 3.05) is 13.1 Å². The number of nitrogens with one attached hydrogen (secondary N) is 2. The number of hydrogen-bond donors (Lipinski definition) is 2. The third-order valence-corrected chi connectivity index (χ3v) is 5.57. The molecule has 0 spiro atoms. The number of likely N-dealkylation sites (tertiary alicyclic amines) is 1. The Morgan fingerprint density at radius 1 is 1.11 bits per heavy atom. The number of benzene rings is 1. The van der Waals surface area contributed by atoms with Crippen LogP contribution in [0, 0.1) is 5.92 Å². The molecule has 0 saturated carbocycles. The lowest BCUT2D eigenvalue weighted by molar-refractivity contribution is -0.137. The zero-order valence-corrected chi connectivity index (χ0v) is 15.3. The normalized spacial score (nSPS) is 20.1. The van der Waals surface area contributed by atoms with Crippen molar-refractivity contribution in [1.29, 1.82) is 0 Å². The van der Waals surface area contributed by atoms with Gasteiger partial charge in [-0.15, -0.1) is 0 Å². The maximum absolute atomic E-state index is 12.9. The minimum Gasteiger partial charge on any atom is -0.467 e. The summed E-state index contributed by atoms with van der Waals surface area (Å²) in [4.78, 5) is 27.1. The lowest BCUT2D eigenvalue weighted by Crippen LogP contribution is -2.52. The molecule has 142 valence electrons. The van der Waals surface area contributed by atoms with Crippen LogP contribution in [0.15, 0.2) is 47.1 Å². The van der Waals surface area contributed by atoms with Crippen molar-refractivity contribution < 1.29 is 14.0 Å². The smallest absolute Gasteiger partial charge is 0.240 e. The predicted octanol–water partition coefficient (Wildman–Crippen LogP) is 1.85. The molecule has 4 rings (SSSR count). The average molecular weight is 367 g/mol. The fourth-order valence-electron chi connectivity index (χ4n) is 3.94. The molecule has 1 saturated heterocycles. The molecule has 2 aromatic rings. The van der Waals surface area contributed by atoms with E-state index in [1.807, 2.05) is 29.2 Å². The second-order valence-electron chi connectivity index (χ2n) is 7.30. The van der Waals surface area contributed by atoms with E-state index in [4.69, 9.17) is 4.42 Å². The van der Waals surface area contributed by atoms with E-state index in [1.165, 1.54) is 11.1 Å². The fraction of sp³-hybridized carbons (Fsp3) is 0.429. The number of carbonyl (C=O) groups excluding carboxylic acids is 2. The van der Waals surface area contributed by atoms with Crippen LogP contribution in [0.25, 0.3) is 0 Å². The van der Waals surface area contributed by atoms with Gasteiger partial charge in [0.15, 0.2) is 0 Å². The number of furan rings is 1. The summed E-state index contributed by atoms with van der Waals surface area (Å²) in [6.45, 7) is 2.42. The number of hydrogen-bond acceptors (Lipinski definition) is 4. The molecule has 3 heterocycles. The summed E-state index contributed by atoms with van der Waals surface area (Å²) in [5.41, 5.74) is 2.52. The highest BCUT2D eigenvalue weighted by molar-refractivity contribution is 5.83. The third kappa shape index (κ3) is 4.06. The Labute approximate surface area is 158 Å². The maximum atomic E-state index is 12.9. The average Bonchev–Trinajstić information content (AvgIpc) is 3.25. The van der Waals surface area contributed by atoms with Crippen molar-refractivity contribution in [2.24, 2.45) is 5.92 Å². The molecule has 2 aliphatic heterocycles. The van der Waals surface area contributed by atoms with E-state index in [9.17, 15) is 9.59 Å². The largest absolute Gasteiger partial charge is 0.467 e. The van der Waals surface area contributed by atoms with Crippen molar-refractivity contribution in [3.63, 3.8) is 0 Å². The van der Waals surface area contributed by atoms with Crippen molar-refractivity contribution in [1.82, 2.24) is 15.5 Å². The van der Waals surface area contributed by atoms with Gasteiger partial charge in [0.2, 0.25) is 11.8 Å². The highest BCUT2D eigenvalue weighted by Crippen LogP contribution is 2.21. The SMILES string of the molecule is O=C(NCc1ccco1)C1CCN(C(=O)[C@@H]2Cc3ccccc3CN2)CC1. The van der Waals surface area contributed by atoms with E-state index in [2.05, 4.69) is 22.8 Å². The van der Waals surface area contributed by atoms with Gasteiger partial charge in [-0.2, -0.15) is 0 Å². The fourth-order valence-corrected chi connectivity index (χ4v) is 3.94. The Kier molecular flexibility index (Phi) is 5.25. The quantitative estimate of drug-likeness (QED) is 0.865. The van der Waals surface area contributed by atoms with Crippen LogP contribution < -0.4 is 10.6 Å². The second-order valence-corrected chi connectivity index (χ2v) is 7.30. The minimum absolute atomic E-state index is 0.0379. The van der Waals surface area contributed by atoms with Crippen LogP contribution in [-0.4, -0.2) is 35.8 Å². The van der Waals surface area contributed by atoms with Crippen molar-refractivity contribution >= 4 is 11.8 Å². The van der Waals surface area contributed by atoms with E-state index in [-0.39, 0.29) is 23.8 Å². The van der Waals surface area contributed by atoms with Gasteiger partial charge in [-0.25, -0.2) is 0 Å². The molecule has 2 N–H and O–H groups in total. The van der Waals surface area contributed by atoms with Crippen LogP contribution >= 0.6 is 0 Å². The molecule has 2 aliphatic rings. The van der Waals surface area contributed by atoms with Crippen LogP contribution in [0.5, 0.6) is 0 Å². The maximum Gasteiger partial charge on any atom is 0.240 e. The van der Waals surface area contributed by atoms with Crippen LogP contribution in [-0.2, 0) is 29.1 Å². The molecule has 27 heavy (non-hydrogen) atoms. The van der Waals surface area contributed by atoms with Gasteiger partial charge in [-0.05, 0) is 42.5 Å². The molecule has 1 aromatic heterocycles. The van der Waals surface area contributed by atoms with Gasteiger partial charge < -0.3 is 20.0 Å². The van der Waals surface area contributed by atoms with Gasteiger partial charge in [-0.1, -0.05) is 24.3 Å². The number of rotatable bonds is 4. The van der Waals surface area contributed by atoms with E-state index in [0.717, 1.165) is 18.7 Å². The highest BCUT2D eigenvalue weighted by atomic mass is 16.3. The topological polar surface area (TPSA) is 74.6 Å². The molecule has 6 nitrogen and oxygen atoms in total. The number of amides is 2. The summed E-state index contributed by atoms with van der Waals surface area (Å²) in [6.07, 6.45) is 3.75. The molecule has 2 amide bonds. The number of nitrogens with zero attached hydrogens (tertiary/aromatic N) is 1. The van der Waals surface area contributed by atoms with Gasteiger partial charge >= 0.3 is 0 Å². The molecular formula is C21H25N3O3. The first kappa shape index (κ1) is 17.8. The number of piperidine rings is 1. The van der Waals surface area contributed by atoms with Crippen LogP contribution in [0.1, 0.15) is 29.7 Å². The number of fused-ring (bicyclic) bond motifs is 1. The molecule has 0 aliphatic carbocycles. The zero-order chi connectivity index (χ0) is 18.6. The molecule has 6 heteroatoms. The Morgan fingerprint density at radius 3 is 2.63 bits per heavy atom. The first-order chi connectivity index (χ1) is 13.2. The Hall–Kier alpha value is -2.60. The first-order valence-electron chi connectivity index (χ1n) is 9.60. The minimum atomic E-state index is -0.163. The lowest BCUT2D eigenvalue weighted by Gasteiger charge is -2.35. The molecule has 0 radical (unpaired) electrons. The van der Waals surface area contributed by atoms with Gasteiger partial charge in [0.25, 0.3) is 0 Å². The number of carbonyl (C=O) groups is 2. The summed E-state index contributed by atoms with van der Waals surface area (Å²) in [7, 11) is 0. The monoisotopic (exact) mass is 367 g/mol. The molecule has 0 unspecified atom stereocenters. The summed E-state index contributed by atoms with van der Waals surface area (Å²) in [5, 5.41) is 6.29. The van der Waals surface area contributed by atoms with E-state index in [0.29, 0.717) is 32.5 Å². The molecule has 1 aromatic carbocycles. The van der Waals surface area contributed by atoms with E-state index in [1.54, 1.807) is 6.26 Å². The Morgan fingerprint density at radius 2 is 1.89 bits per heavy atom. The Bertz CT molecular complexity index is 795. The predicted molar refractivity (Wildman–Crippen MR) is 101 cm³/mol. The summed E-state index contributed by atoms with van der Waals surface area (Å²) >= 11 is 0. The van der Waals surface area contributed by atoms with Crippen molar-refractivity contribution in [3.8, 4) is 0 Å². The van der Waals surface area contributed by atoms with Crippen molar-refractivity contribution in [2.45, 2.75) is 38.4 Å². The zero-order valence-electron chi connectivity index (χ0n) is 15.3. The molecule has 1 fully saturated rings. The first-order valence-corrected chi connectivity index (χ1v) is 9.60. The van der Waals surface area contributed by atoms with Crippen LogP contribution in [0.4, 0.5) is 0 Å². The second kappa shape index (κ2) is 7.96. The van der Waals surface area contributed by atoms with Crippen LogP contribution in [0.2, 0.25) is 0 Å². The third-order valence-electron chi connectivity index (χ3n) is 5.57. The standard InChI is InChI=1S/C21H25N3O3/c25-20(23-14-18-6-3-11-27-18)15-7-9-24(10-8-15)21(26)19-12-16-4-1-2-5-17(16)13-22-19/h1-6,11,15,19,22H,7-10,12-14H2,(H,23,25)/t19-/m0/s1. The van der Waals surface area contributed by atoms with Crippen LogP contribution in [0.3, 0.4) is 0 Å². The van der Waals surface area contributed by atoms with Gasteiger partial charge in [0.1, 0.15) is 5.76 Å². The van der Waals surface area contributed by atoms with Crippen molar-refractivity contribution in [3.05, 3.63) is 59.5 Å². The molecule has 0 bridgehead atoms. The van der Waals surface area contributed by atoms with Gasteiger partial charge in [0, 0.05) is 25.6 Å². The summed E-state index contributed by atoms with van der Waals surface area (Å²) in [6, 6.07) is 11.8. The van der Waals surface area contributed by atoms with E-state index >= 15 is 0 Å².